The van der Waals surface area contributed by atoms with Crippen molar-refractivity contribution in [1.29, 1.82) is 0 Å². The molecule has 0 saturated heterocycles. The van der Waals surface area contributed by atoms with Gasteiger partial charge in [0.1, 0.15) is 5.82 Å². The Kier molecular flexibility index (Phi) is 1.92. The van der Waals surface area contributed by atoms with Crippen LogP contribution in [0.5, 0.6) is 0 Å². The maximum Gasteiger partial charge on any atom is 0.356 e. The molecule has 5 heteroatoms. The van der Waals surface area contributed by atoms with Gasteiger partial charge in [-0.1, -0.05) is 0 Å². The van der Waals surface area contributed by atoms with Gasteiger partial charge in [-0.3, -0.25) is 0 Å². The predicted octanol–water partition coefficient (Wildman–Crippen LogP) is 1.05. The minimum absolute atomic E-state index is 0.270. The van der Waals surface area contributed by atoms with Gasteiger partial charge in [0, 0.05) is 0 Å². The number of carbonyl (C=O) groups is 1. The van der Waals surface area contributed by atoms with Gasteiger partial charge in [0.2, 0.25) is 0 Å². The first kappa shape index (κ1) is 8.68. The molecule has 72 valence electrons. The van der Waals surface area contributed by atoms with Gasteiger partial charge in [-0.15, -0.1) is 0 Å². The van der Waals surface area contributed by atoms with Crippen molar-refractivity contribution in [2.75, 3.05) is 7.11 Å². The van der Waals surface area contributed by atoms with E-state index in [2.05, 4.69) is 19.7 Å². The number of aryl methyl sites for hydroxylation is 1. The summed E-state index contributed by atoms with van der Waals surface area (Å²) in [6.45, 7) is 1.85. The summed E-state index contributed by atoms with van der Waals surface area (Å²) in [5.41, 5.74) is 1.81. The highest BCUT2D eigenvalue weighted by Crippen LogP contribution is 2.11. The van der Waals surface area contributed by atoms with E-state index in [0.29, 0.717) is 0 Å². The molecular weight excluding hydrogens is 182 g/mol. The number of ether oxygens (including phenoxy) is 1. The second-order valence-electron chi connectivity index (χ2n) is 2.90. The number of carbonyl (C=O) groups excluding carboxylic acids is 1. The van der Waals surface area contributed by atoms with Gasteiger partial charge in [0.25, 0.3) is 0 Å². The van der Waals surface area contributed by atoms with E-state index in [-0.39, 0.29) is 5.69 Å². The average molecular weight is 191 g/mol. The zero-order valence-corrected chi connectivity index (χ0v) is 7.87. The Morgan fingerprint density at radius 3 is 3.07 bits per heavy atom. The molecule has 0 radical (unpaired) electrons. The van der Waals surface area contributed by atoms with Gasteiger partial charge in [0.05, 0.1) is 24.3 Å². The van der Waals surface area contributed by atoms with E-state index in [4.69, 9.17) is 0 Å². The number of hydrogen-bond donors (Lipinski definition) is 1. The number of pyridine rings is 1. The number of fused-ring (bicyclic) bond motifs is 1. The normalized spacial score (nSPS) is 10.4. The van der Waals surface area contributed by atoms with E-state index in [1.807, 2.05) is 6.92 Å². The summed E-state index contributed by atoms with van der Waals surface area (Å²) < 4.78 is 4.55. The quantitative estimate of drug-likeness (QED) is 0.684. The number of esters is 1. The fourth-order valence-corrected chi connectivity index (χ4v) is 1.25. The van der Waals surface area contributed by atoms with Crippen molar-refractivity contribution in [3.8, 4) is 0 Å². The summed E-state index contributed by atoms with van der Waals surface area (Å²) in [6, 6.07) is 1.60. The Morgan fingerprint density at radius 1 is 1.57 bits per heavy atom. The molecule has 5 nitrogen and oxygen atoms in total. The van der Waals surface area contributed by atoms with Crippen LogP contribution in [0.4, 0.5) is 0 Å². The number of aromatic nitrogens is 3. The summed E-state index contributed by atoms with van der Waals surface area (Å²) in [5, 5.41) is 0. The van der Waals surface area contributed by atoms with Crippen LogP contribution < -0.4 is 0 Å². The maximum atomic E-state index is 11.1. The van der Waals surface area contributed by atoms with Crippen molar-refractivity contribution in [2.24, 2.45) is 0 Å². The molecule has 2 rings (SSSR count). The van der Waals surface area contributed by atoms with E-state index in [9.17, 15) is 4.79 Å². The third-order valence-corrected chi connectivity index (χ3v) is 1.88. The average Bonchev–Trinajstić information content (AvgIpc) is 2.55. The monoisotopic (exact) mass is 191 g/mol. The summed E-state index contributed by atoms with van der Waals surface area (Å²) >= 11 is 0. The summed E-state index contributed by atoms with van der Waals surface area (Å²) in [6.07, 6.45) is 1.57. The standard InChI is InChI=1S/C9H9N3O2/c1-5-11-6-3-7(9(13)14-2)10-4-8(6)12-5/h3-4H,1-2H3,(H,11,12). The van der Waals surface area contributed by atoms with Gasteiger partial charge >= 0.3 is 5.97 Å². The van der Waals surface area contributed by atoms with Crippen molar-refractivity contribution >= 4 is 17.0 Å². The van der Waals surface area contributed by atoms with Gasteiger partial charge in [-0.2, -0.15) is 0 Å². The Labute approximate surface area is 80.1 Å². The van der Waals surface area contributed by atoms with Crippen LogP contribution in [0.25, 0.3) is 11.0 Å². The van der Waals surface area contributed by atoms with Crippen molar-refractivity contribution in [1.82, 2.24) is 15.0 Å². The minimum atomic E-state index is -0.451. The lowest BCUT2D eigenvalue weighted by Crippen LogP contribution is -2.03. The molecule has 0 spiro atoms. The summed E-state index contributed by atoms with van der Waals surface area (Å²) in [7, 11) is 1.32. The third-order valence-electron chi connectivity index (χ3n) is 1.88. The molecule has 0 aliphatic heterocycles. The van der Waals surface area contributed by atoms with Crippen LogP contribution in [-0.2, 0) is 4.74 Å². The molecule has 0 aliphatic carbocycles. The zero-order chi connectivity index (χ0) is 10.1. The molecule has 0 aromatic carbocycles. The van der Waals surface area contributed by atoms with Crippen molar-refractivity contribution in [2.45, 2.75) is 6.92 Å². The fraction of sp³-hybridized carbons (Fsp3) is 0.222. The number of rotatable bonds is 1. The number of nitrogens with one attached hydrogen (secondary N) is 1. The molecule has 0 bridgehead atoms. The van der Waals surface area contributed by atoms with Crippen molar-refractivity contribution in [3.05, 3.63) is 23.8 Å². The minimum Gasteiger partial charge on any atom is -0.464 e. The largest absolute Gasteiger partial charge is 0.464 e. The van der Waals surface area contributed by atoms with Gasteiger partial charge in [-0.05, 0) is 13.0 Å². The van der Waals surface area contributed by atoms with Crippen LogP contribution in [0.15, 0.2) is 12.3 Å². The molecule has 14 heavy (non-hydrogen) atoms. The van der Waals surface area contributed by atoms with E-state index in [0.717, 1.165) is 16.9 Å². The lowest BCUT2D eigenvalue weighted by Gasteiger charge is -1.96. The van der Waals surface area contributed by atoms with E-state index >= 15 is 0 Å². The number of hydrogen-bond acceptors (Lipinski definition) is 4. The van der Waals surface area contributed by atoms with Gasteiger partial charge < -0.3 is 9.72 Å². The molecule has 0 amide bonds. The Morgan fingerprint density at radius 2 is 2.36 bits per heavy atom. The first-order valence-electron chi connectivity index (χ1n) is 4.11. The number of aromatic amines is 1. The van der Waals surface area contributed by atoms with Crippen LogP contribution in [0.1, 0.15) is 16.3 Å². The zero-order valence-electron chi connectivity index (χ0n) is 7.87. The first-order valence-corrected chi connectivity index (χ1v) is 4.11. The number of imidazole rings is 1. The molecule has 2 aromatic rings. The molecule has 0 saturated carbocycles. The smallest absolute Gasteiger partial charge is 0.356 e. The van der Waals surface area contributed by atoms with Crippen LogP contribution in [-0.4, -0.2) is 28.0 Å². The summed E-state index contributed by atoms with van der Waals surface area (Å²) in [5.74, 6) is 0.344. The summed E-state index contributed by atoms with van der Waals surface area (Å²) in [4.78, 5) is 22.3. The lowest BCUT2D eigenvalue weighted by molar-refractivity contribution is 0.0594. The Hall–Kier alpha value is -1.91. The molecule has 0 unspecified atom stereocenters. The van der Waals surface area contributed by atoms with Gasteiger partial charge in [0.15, 0.2) is 5.69 Å². The highest BCUT2D eigenvalue weighted by atomic mass is 16.5. The number of H-pyrrole nitrogens is 1. The SMILES string of the molecule is COC(=O)c1cc2nc(C)[nH]c2cn1. The van der Waals surface area contributed by atoms with Crippen LogP contribution in [0, 0.1) is 6.92 Å². The maximum absolute atomic E-state index is 11.1. The molecule has 1 N–H and O–H groups in total. The predicted molar refractivity (Wildman–Crippen MR) is 50.0 cm³/mol. The van der Waals surface area contributed by atoms with E-state index in [1.165, 1.54) is 7.11 Å². The topological polar surface area (TPSA) is 67.9 Å². The molecule has 0 aliphatic rings. The highest BCUT2D eigenvalue weighted by molar-refractivity contribution is 5.90. The van der Waals surface area contributed by atoms with Gasteiger partial charge in [-0.25, -0.2) is 14.8 Å². The second kappa shape index (κ2) is 3.10. The molecule has 2 heterocycles. The van der Waals surface area contributed by atoms with Crippen LogP contribution >= 0.6 is 0 Å². The molecular formula is C9H9N3O2. The first-order chi connectivity index (χ1) is 6.70. The number of methoxy groups -OCH3 is 1. The lowest BCUT2D eigenvalue weighted by atomic mass is 10.3. The van der Waals surface area contributed by atoms with E-state index < -0.39 is 5.97 Å². The van der Waals surface area contributed by atoms with E-state index in [1.54, 1.807) is 12.3 Å². The highest BCUT2D eigenvalue weighted by Gasteiger charge is 2.09. The number of nitrogens with zero attached hydrogens (tertiary/aromatic N) is 2. The molecule has 0 fully saturated rings. The second-order valence-corrected chi connectivity index (χ2v) is 2.90. The Bertz CT molecular complexity index is 490. The van der Waals surface area contributed by atoms with Crippen LogP contribution in [0.2, 0.25) is 0 Å². The van der Waals surface area contributed by atoms with Crippen molar-refractivity contribution < 1.29 is 9.53 Å². The van der Waals surface area contributed by atoms with Crippen molar-refractivity contribution in [3.63, 3.8) is 0 Å². The third kappa shape index (κ3) is 1.32. The Balaban J connectivity index is 2.55. The molecule has 2 aromatic heterocycles. The van der Waals surface area contributed by atoms with Crippen LogP contribution in [0.3, 0.4) is 0 Å². The fourth-order valence-electron chi connectivity index (χ4n) is 1.25. The molecule has 0 atom stereocenters.